The lowest BCUT2D eigenvalue weighted by molar-refractivity contribution is 1.36. The summed E-state index contributed by atoms with van der Waals surface area (Å²) in [5.74, 6) is 3.46. The summed E-state index contributed by atoms with van der Waals surface area (Å²) in [6.45, 7) is 6.57. The SMILES string of the molecule is CSCC=Pc1c(C)cc(C)cc1C. The lowest BCUT2D eigenvalue weighted by Gasteiger charge is -2.06. The summed E-state index contributed by atoms with van der Waals surface area (Å²) < 4.78 is 0. The van der Waals surface area contributed by atoms with Gasteiger partial charge < -0.3 is 0 Å². The molecule has 0 aromatic heterocycles. The Morgan fingerprint density at radius 1 is 1.21 bits per heavy atom. The molecule has 0 amide bonds. The van der Waals surface area contributed by atoms with E-state index in [0.717, 1.165) is 5.75 Å². The van der Waals surface area contributed by atoms with Crippen molar-refractivity contribution >= 4 is 31.1 Å². The Hall–Kier alpha value is -0.260. The van der Waals surface area contributed by atoms with Crippen molar-refractivity contribution in [2.24, 2.45) is 0 Å². The number of rotatable bonds is 3. The minimum atomic E-state index is 1.13. The van der Waals surface area contributed by atoms with Gasteiger partial charge in [0.25, 0.3) is 0 Å². The van der Waals surface area contributed by atoms with Crippen LogP contribution in [0, 0.1) is 20.8 Å². The minimum Gasteiger partial charge on any atom is -0.161 e. The summed E-state index contributed by atoms with van der Waals surface area (Å²) in [6.07, 6.45) is 2.14. The third kappa shape index (κ3) is 3.15. The highest BCUT2D eigenvalue weighted by Gasteiger charge is 1.99. The van der Waals surface area contributed by atoms with E-state index in [9.17, 15) is 0 Å². The van der Waals surface area contributed by atoms with Gasteiger partial charge in [0.05, 0.1) is 0 Å². The third-order valence-electron chi connectivity index (χ3n) is 2.10. The van der Waals surface area contributed by atoms with Gasteiger partial charge in [-0.1, -0.05) is 25.9 Å². The maximum absolute atomic E-state index is 2.33. The zero-order chi connectivity index (χ0) is 10.6. The average Bonchev–Trinajstić information content (AvgIpc) is 2.09. The summed E-state index contributed by atoms with van der Waals surface area (Å²) in [5.41, 5.74) is 4.20. The second-order valence-electron chi connectivity index (χ2n) is 3.51. The Kier molecular flexibility index (Phi) is 4.71. The number of hydrogen-bond acceptors (Lipinski definition) is 1. The first-order valence-electron chi connectivity index (χ1n) is 4.74. The predicted molar refractivity (Wildman–Crippen MR) is 71.7 cm³/mol. The molecule has 0 aliphatic carbocycles. The molecule has 0 aliphatic rings. The zero-order valence-electron chi connectivity index (χ0n) is 9.29. The molecule has 0 atom stereocenters. The van der Waals surface area contributed by atoms with E-state index in [1.165, 1.54) is 30.2 Å². The third-order valence-corrected chi connectivity index (χ3v) is 4.17. The van der Waals surface area contributed by atoms with Crippen LogP contribution in [-0.2, 0) is 0 Å². The molecule has 0 spiro atoms. The molecule has 0 fully saturated rings. The van der Waals surface area contributed by atoms with Gasteiger partial charge in [0.1, 0.15) is 0 Å². The van der Waals surface area contributed by atoms with E-state index in [-0.39, 0.29) is 0 Å². The van der Waals surface area contributed by atoms with Gasteiger partial charge in [0.15, 0.2) is 0 Å². The highest BCUT2D eigenvalue weighted by Crippen LogP contribution is 2.12. The summed E-state index contributed by atoms with van der Waals surface area (Å²) in [6, 6.07) is 4.53. The first kappa shape index (κ1) is 11.8. The van der Waals surface area contributed by atoms with Gasteiger partial charge in [-0.15, -0.1) is 0 Å². The maximum Gasteiger partial charge on any atom is 0.0156 e. The Morgan fingerprint density at radius 3 is 2.29 bits per heavy atom. The number of hydrogen-bond donors (Lipinski definition) is 0. The van der Waals surface area contributed by atoms with Crippen molar-refractivity contribution in [2.45, 2.75) is 20.8 Å². The van der Waals surface area contributed by atoms with Crippen LogP contribution >= 0.6 is 20.0 Å². The molecular formula is C12H17PS. The molecule has 0 aliphatic heterocycles. The van der Waals surface area contributed by atoms with E-state index >= 15 is 0 Å². The van der Waals surface area contributed by atoms with Gasteiger partial charge in [0.2, 0.25) is 0 Å². The van der Waals surface area contributed by atoms with Crippen LogP contribution in [-0.4, -0.2) is 17.8 Å². The molecule has 0 heterocycles. The van der Waals surface area contributed by atoms with Gasteiger partial charge in [-0.3, -0.25) is 0 Å². The minimum absolute atomic E-state index is 1.13. The van der Waals surface area contributed by atoms with Crippen molar-refractivity contribution in [3.63, 3.8) is 0 Å². The van der Waals surface area contributed by atoms with Gasteiger partial charge in [0, 0.05) is 11.1 Å². The van der Waals surface area contributed by atoms with Crippen molar-refractivity contribution in [1.29, 1.82) is 0 Å². The van der Waals surface area contributed by atoms with Crippen LogP contribution in [0.5, 0.6) is 0 Å². The van der Waals surface area contributed by atoms with Crippen molar-refractivity contribution in [3.05, 3.63) is 28.8 Å². The summed E-state index contributed by atoms with van der Waals surface area (Å²) in [4.78, 5) is 0. The number of thioether (sulfide) groups is 1. The van der Waals surface area contributed by atoms with Gasteiger partial charge in [-0.05, 0) is 44.0 Å². The van der Waals surface area contributed by atoms with Crippen LogP contribution in [0.1, 0.15) is 16.7 Å². The molecule has 0 radical (unpaired) electrons. The molecule has 14 heavy (non-hydrogen) atoms. The number of benzene rings is 1. The van der Waals surface area contributed by atoms with E-state index < -0.39 is 0 Å². The zero-order valence-corrected chi connectivity index (χ0v) is 11.0. The Balaban J connectivity index is 2.96. The van der Waals surface area contributed by atoms with Crippen LogP contribution in [0.25, 0.3) is 0 Å². The van der Waals surface area contributed by atoms with Crippen LogP contribution < -0.4 is 5.30 Å². The molecule has 76 valence electrons. The number of aryl methyl sites for hydroxylation is 3. The molecule has 0 nitrogen and oxygen atoms in total. The topological polar surface area (TPSA) is 0 Å². The van der Waals surface area contributed by atoms with Crippen molar-refractivity contribution < 1.29 is 0 Å². The lowest BCUT2D eigenvalue weighted by atomic mass is 10.1. The first-order chi connectivity index (χ1) is 6.65. The Labute approximate surface area is 92.9 Å². The highest BCUT2D eigenvalue weighted by molar-refractivity contribution is 7.99. The van der Waals surface area contributed by atoms with E-state index in [2.05, 4.69) is 45.0 Å². The van der Waals surface area contributed by atoms with E-state index in [4.69, 9.17) is 0 Å². The van der Waals surface area contributed by atoms with Crippen LogP contribution in [0.2, 0.25) is 0 Å². The van der Waals surface area contributed by atoms with Gasteiger partial charge in [-0.2, -0.15) is 11.8 Å². The fourth-order valence-electron chi connectivity index (χ4n) is 1.58. The quantitative estimate of drug-likeness (QED) is 0.709. The molecule has 2 heteroatoms. The average molecular weight is 224 g/mol. The van der Waals surface area contributed by atoms with Crippen molar-refractivity contribution in [3.8, 4) is 0 Å². The normalized spacial score (nSPS) is 11.1. The fraction of sp³-hybridized carbons (Fsp3) is 0.417. The van der Waals surface area contributed by atoms with Crippen LogP contribution in [0.4, 0.5) is 0 Å². The van der Waals surface area contributed by atoms with Gasteiger partial charge in [-0.25, -0.2) is 0 Å². The smallest absolute Gasteiger partial charge is 0.0156 e. The highest BCUT2D eigenvalue weighted by atomic mass is 32.2. The predicted octanol–water partition coefficient (Wildman–Crippen LogP) is 3.35. The first-order valence-corrected chi connectivity index (χ1v) is 7.10. The second-order valence-corrected chi connectivity index (χ2v) is 5.50. The second kappa shape index (κ2) is 5.58. The summed E-state index contributed by atoms with van der Waals surface area (Å²) in [7, 11) is 1.36. The van der Waals surface area contributed by atoms with Crippen LogP contribution in [0.3, 0.4) is 0 Å². The Morgan fingerprint density at radius 2 is 1.79 bits per heavy atom. The molecule has 0 N–H and O–H groups in total. The molecule has 1 aromatic carbocycles. The Bertz CT molecular complexity index is 319. The summed E-state index contributed by atoms with van der Waals surface area (Å²) in [5, 5.41) is 1.48. The molecule has 0 saturated heterocycles. The van der Waals surface area contributed by atoms with E-state index in [1.807, 2.05) is 11.8 Å². The van der Waals surface area contributed by atoms with Crippen LogP contribution in [0.15, 0.2) is 12.1 Å². The van der Waals surface area contributed by atoms with E-state index in [0.29, 0.717) is 0 Å². The summed E-state index contributed by atoms with van der Waals surface area (Å²) >= 11 is 1.87. The standard InChI is InChI=1S/C12H17PS/c1-9-7-10(2)12(11(3)8-9)13-5-6-14-4/h5,7-8H,6H2,1-4H3. The molecule has 0 saturated carbocycles. The fourth-order valence-corrected chi connectivity index (χ4v) is 3.19. The molecule has 0 bridgehead atoms. The molecule has 1 rings (SSSR count). The van der Waals surface area contributed by atoms with Gasteiger partial charge >= 0.3 is 0 Å². The lowest BCUT2D eigenvalue weighted by Crippen LogP contribution is -2.04. The molecule has 0 unspecified atom stereocenters. The van der Waals surface area contributed by atoms with Crippen molar-refractivity contribution in [1.82, 2.24) is 0 Å². The molecular weight excluding hydrogens is 207 g/mol. The largest absolute Gasteiger partial charge is 0.161 e. The maximum atomic E-state index is 2.33. The monoisotopic (exact) mass is 224 g/mol. The molecule has 1 aromatic rings. The van der Waals surface area contributed by atoms with E-state index in [1.54, 1.807) is 0 Å². The van der Waals surface area contributed by atoms with Crippen molar-refractivity contribution in [2.75, 3.05) is 12.0 Å².